The number of carbonyl (C=O) groups excluding carboxylic acids is 1. The Hall–Kier alpha value is -1.17. The average molecular weight is 298 g/mol. The van der Waals surface area contributed by atoms with E-state index < -0.39 is 15.1 Å². The summed E-state index contributed by atoms with van der Waals surface area (Å²) in [6, 6.07) is 2.25. The highest BCUT2D eigenvalue weighted by molar-refractivity contribution is 7.92. The first-order chi connectivity index (χ1) is 9.38. The van der Waals surface area contributed by atoms with Crippen molar-refractivity contribution < 1.29 is 13.2 Å². The number of hydrogen-bond acceptors (Lipinski definition) is 4. The van der Waals surface area contributed by atoms with E-state index in [0.29, 0.717) is 11.7 Å². The Morgan fingerprint density at radius 1 is 1.40 bits per heavy atom. The zero-order valence-corrected chi connectivity index (χ0v) is 12.9. The number of aromatic nitrogens is 2. The van der Waals surface area contributed by atoms with Crippen LogP contribution in [0.3, 0.4) is 0 Å². The van der Waals surface area contributed by atoms with Crippen LogP contribution >= 0.6 is 0 Å². The van der Waals surface area contributed by atoms with Crippen LogP contribution in [0.5, 0.6) is 0 Å². The third-order valence-corrected chi connectivity index (χ3v) is 5.61. The van der Waals surface area contributed by atoms with Gasteiger partial charge < -0.3 is 0 Å². The van der Waals surface area contributed by atoms with Gasteiger partial charge in [0.2, 0.25) is 0 Å². The van der Waals surface area contributed by atoms with Gasteiger partial charge in [0.05, 0.1) is 18.2 Å². The number of Topliss-reactive ketones (excluding diaryl/α,β-unsaturated/α-hetero) is 1. The van der Waals surface area contributed by atoms with Gasteiger partial charge in [0.15, 0.2) is 15.6 Å². The van der Waals surface area contributed by atoms with Crippen LogP contribution in [0, 0.1) is 0 Å². The summed E-state index contributed by atoms with van der Waals surface area (Å²) in [6.45, 7) is 1.44. The number of rotatable bonds is 5. The van der Waals surface area contributed by atoms with E-state index in [-0.39, 0.29) is 12.2 Å². The summed E-state index contributed by atoms with van der Waals surface area (Å²) in [5, 5.41) is 3.48. The van der Waals surface area contributed by atoms with Crippen molar-refractivity contribution in [3.63, 3.8) is 0 Å². The normalized spacial score (nSPS) is 18.9. The fourth-order valence-electron chi connectivity index (χ4n) is 2.58. The average Bonchev–Trinajstić information content (AvgIpc) is 2.86. The second-order valence-electron chi connectivity index (χ2n) is 5.69. The van der Waals surface area contributed by atoms with Crippen molar-refractivity contribution in [3.05, 3.63) is 18.0 Å². The highest BCUT2D eigenvalue weighted by Gasteiger charge is 2.24. The zero-order chi connectivity index (χ0) is 14.8. The molecule has 0 spiro atoms. The number of sulfone groups is 1. The van der Waals surface area contributed by atoms with E-state index in [1.807, 2.05) is 16.9 Å². The smallest absolute Gasteiger partial charge is 0.157 e. The molecule has 0 saturated heterocycles. The number of ketones is 1. The summed E-state index contributed by atoms with van der Waals surface area (Å²) in [7, 11) is -3.32. The van der Waals surface area contributed by atoms with Crippen molar-refractivity contribution in [1.82, 2.24) is 9.78 Å². The highest BCUT2D eigenvalue weighted by atomic mass is 32.2. The molecule has 1 heterocycles. The molecule has 6 heteroatoms. The van der Waals surface area contributed by atoms with E-state index in [1.54, 1.807) is 0 Å². The van der Waals surface area contributed by atoms with E-state index in [2.05, 4.69) is 5.10 Å². The summed E-state index contributed by atoms with van der Waals surface area (Å²) in [6.07, 6.45) is 9.10. The fourth-order valence-corrected chi connectivity index (χ4v) is 3.14. The van der Waals surface area contributed by atoms with Gasteiger partial charge >= 0.3 is 0 Å². The monoisotopic (exact) mass is 298 g/mol. The molecule has 1 fully saturated rings. The lowest BCUT2D eigenvalue weighted by Crippen LogP contribution is -2.27. The quantitative estimate of drug-likeness (QED) is 0.833. The van der Waals surface area contributed by atoms with Gasteiger partial charge in [0.1, 0.15) is 5.25 Å². The first-order valence-electron chi connectivity index (χ1n) is 7.13. The molecule has 2 rings (SSSR count). The second kappa shape index (κ2) is 6.08. The third kappa shape index (κ3) is 3.69. The molecule has 1 aliphatic carbocycles. The van der Waals surface area contributed by atoms with Crippen LogP contribution in [0.1, 0.15) is 50.8 Å². The van der Waals surface area contributed by atoms with Crippen LogP contribution in [-0.2, 0) is 21.1 Å². The van der Waals surface area contributed by atoms with Gasteiger partial charge in [-0.05, 0) is 25.8 Å². The Morgan fingerprint density at radius 2 is 2.05 bits per heavy atom. The van der Waals surface area contributed by atoms with E-state index >= 15 is 0 Å². The molecule has 1 aliphatic rings. The molecular formula is C14H22N2O3S. The zero-order valence-electron chi connectivity index (χ0n) is 12.1. The van der Waals surface area contributed by atoms with Crippen molar-refractivity contribution in [2.45, 2.75) is 56.7 Å². The van der Waals surface area contributed by atoms with Crippen molar-refractivity contribution in [1.29, 1.82) is 0 Å². The van der Waals surface area contributed by atoms with Gasteiger partial charge in [-0.1, -0.05) is 19.3 Å². The van der Waals surface area contributed by atoms with E-state index in [1.165, 1.54) is 26.2 Å². The standard InChI is InChI=1S/C14H22N2O3S/c1-11(20(2,18)19)14(17)10-12-8-9-16(15-12)13-6-4-3-5-7-13/h8-9,11,13H,3-7,10H2,1-2H3. The molecule has 1 aromatic rings. The summed E-state index contributed by atoms with van der Waals surface area (Å²) < 4.78 is 24.7. The molecule has 5 nitrogen and oxygen atoms in total. The molecule has 1 atom stereocenters. The minimum Gasteiger partial charge on any atom is -0.298 e. The summed E-state index contributed by atoms with van der Waals surface area (Å²) >= 11 is 0. The Balaban J connectivity index is 2.00. The molecular weight excluding hydrogens is 276 g/mol. The second-order valence-corrected chi connectivity index (χ2v) is 8.06. The van der Waals surface area contributed by atoms with Gasteiger partial charge in [0, 0.05) is 12.5 Å². The van der Waals surface area contributed by atoms with Crippen LogP contribution < -0.4 is 0 Å². The van der Waals surface area contributed by atoms with Gasteiger partial charge in [0.25, 0.3) is 0 Å². The Bertz CT molecular complexity index is 571. The van der Waals surface area contributed by atoms with Crippen LogP contribution in [0.15, 0.2) is 12.3 Å². The topological polar surface area (TPSA) is 69.0 Å². The molecule has 0 N–H and O–H groups in total. The van der Waals surface area contributed by atoms with E-state index in [4.69, 9.17) is 0 Å². The van der Waals surface area contributed by atoms with Gasteiger partial charge in [-0.3, -0.25) is 9.48 Å². The maximum atomic E-state index is 11.9. The lowest BCUT2D eigenvalue weighted by atomic mass is 9.96. The van der Waals surface area contributed by atoms with Crippen LogP contribution in [0.25, 0.3) is 0 Å². The van der Waals surface area contributed by atoms with Crippen LogP contribution in [0.4, 0.5) is 0 Å². The van der Waals surface area contributed by atoms with Crippen LogP contribution in [-0.4, -0.2) is 35.5 Å². The lowest BCUT2D eigenvalue weighted by Gasteiger charge is -2.21. The van der Waals surface area contributed by atoms with E-state index in [9.17, 15) is 13.2 Å². The number of carbonyl (C=O) groups is 1. The predicted octanol–water partition coefficient (Wildman–Crippen LogP) is 1.93. The molecule has 1 saturated carbocycles. The molecule has 20 heavy (non-hydrogen) atoms. The minimum atomic E-state index is -3.32. The van der Waals surface area contributed by atoms with Crippen LogP contribution in [0.2, 0.25) is 0 Å². The Morgan fingerprint density at radius 3 is 2.65 bits per heavy atom. The summed E-state index contributed by atoms with van der Waals surface area (Å²) in [5.74, 6) is -0.290. The summed E-state index contributed by atoms with van der Waals surface area (Å²) in [4.78, 5) is 11.9. The predicted molar refractivity (Wildman–Crippen MR) is 77.4 cm³/mol. The first-order valence-corrected chi connectivity index (χ1v) is 9.09. The molecule has 0 radical (unpaired) electrons. The molecule has 0 bridgehead atoms. The Labute approximate surface area is 120 Å². The molecule has 0 aliphatic heterocycles. The van der Waals surface area contributed by atoms with Crippen molar-refractivity contribution >= 4 is 15.6 Å². The lowest BCUT2D eigenvalue weighted by molar-refractivity contribution is -0.117. The molecule has 1 unspecified atom stereocenters. The molecule has 0 amide bonds. The van der Waals surface area contributed by atoms with Gasteiger partial charge in [-0.25, -0.2) is 8.42 Å². The maximum Gasteiger partial charge on any atom is 0.157 e. The van der Waals surface area contributed by atoms with Crippen molar-refractivity contribution in [2.24, 2.45) is 0 Å². The highest BCUT2D eigenvalue weighted by Crippen LogP contribution is 2.27. The molecule has 112 valence electrons. The summed E-state index contributed by atoms with van der Waals surface area (Å²) in [5.41, 5.74) is 0.663. The van der Waals surface area contributed by atoms with Gasteiger partial charge in [-0.15, -0.1) is 0 Å². The van der Waals surface area contributed by atoms with Gasteiger partial charge in [-0.2, -0.15) is 5.10 Å². The molecule has 1 aromatic heterocycles. The maximum absolute atomic E-state index is 11.9. The number of nitrogens with zero attached hydrogens (tertiary/aromatic N) is 2. The number of hydrogen-bond donors (Lipinski definition) is 0. The SMILES string of the molecule is CC(C(=O)Cc1ccn(C2CCCCC2)n1)S(C)(=O)=O. The minimum absolute atomic E-state index is 0.0912. The fraction of sp³-hybridized carbons (Fsp3) is 0.714. The third-order valence-electron chi connectivity index (χ3n) is 4.06. The molecule has 0 aromatic carbocycles. The van der Waals surface area contributed by atoms with E-state index in [0.717, 1.165) is 19.1 Å². The van der Waals surface area contributed by atoms with Crippen molar-refractivity contribution in [3.8, 4) is 0 Å². The largest absolute Gasteiger partial charge is 0.298 e. The first kappa shape index (κ1) is 15.2. The van der Waals surface area contributed by atoms with Crippen molar-refractivity contribution in [2.75, 3.05) is 6.26 Å². The Kier molecular flexibility index (Phi) is 4.62.